The molecule has 1 aromatic carbocycles. The predicted molar refractivity (Wildman–Crippen MR) is 98.5 cm³/mol. The van der Waals surface area contributed by atoms with Gasteiger partial charge in [0.15, 0.2) is 0 Å². The summed E-state index contributed by atoms with van der Waals surface area (Å²) in [4.78, 5) is 26.3. The van der Waals surface area contributed by atoms with Crippen molar-refractivity contribution in [2.75, 3.05) is 29.9 Å². The lowest BCUT2D eigenvalue weighted by Gasteiger charge is -2.33. The smallest absolute Gasteiger partial charge is 0.253 e. The Morgan fingerprint density at radius 2 is 1.92 bits per heavy atom. The van der Waals surface area contributed by atoms with E-state index < -0.39 is 0 Å². The average Bonchev–Trinajstić information content (AvgIpc) is 2.53. The molecule has 5 heteroatoms. The van der Waals surface area contributed by atoms with Gasteiger partial charge in [0.1, 0.15) is 0 Å². The van der Waals surface area contributed by atoms with Crippen molar-refractivity contribution in [3.8, 4) is 0 Å². The molecule has 0 aromatic heterocycles. The predicted octanol–water partition coefficient (Wildman–Crippen LogP) is 3.27. The second kappa shape index (κ2) is 8.18. The third kappa shape index (κ3) is 4.98. The van der Waals surface area contributed by atoms with E-state index in [1.165, 1.54) is 6.92 Å². The zero-order valence-electron chi connectivity index (χ0n) is 15.2. The molecular weight excluding hydrogens is 302 g/mol. The molecule has 1 aliphatic heterocycles. The summed E-state index contributed by atoms with van der Waals surface area (Å²) >= 11 is 0. The Labute approximate surface area is 144 Å². The molecule has 1 heterocycles. The van der Waals surface area contributed by atoms with Crippen LogP contribution < -0.4 is 15.5 Å². The number of rotatable bonds is 5. The van der Waals surface area contributed by atoms with Gasteiger partial charge >= 0.3 is 0 Å². The zero-order chi connectivity index (χ0) is 17.7. The first-order valence-electron chi connectivity index (χ1n) is 8.81. The number of nitrogens with zero attached hydrogens (tertiary/aromatic N) is 1. The Morgan fingerprint density at radius 1 is 1.25 bits per heavy atom. The molecule has 0 aliphatic carbocycles. The van der Waals surface area contributed by atoms with Gasteiger partial charge in [-0.15, -0.1) is 0 Å². The standard InChI is InChI=1S/C19H29N3O2/c1-13(2)12-20-19(24)17-11-16(21-15(4)23)5-6-18(17)22-9-7-14(3)8-10-22/h5-6,11,13-14H,7-10,12H2,1-4H3,(H,20,24)(H,21,23). The highest BCUT2D eigenvalue weighted by atomic mass is 16.2. The maximum atomic E-state index is 12.7. The summed E-state index contributed by atoms with van der Waals surface area (Å²) in [6, 6.07) is 5.60. The van der Waals surface area contributed by atoms with Gasteiger partial charge in [0.25, 0.3) is 5.91 Å². The van der Waals surface area contributed by atoms with E-state index in [-0.39, 0.29) is 11.8 Å². The van der Waals surface area contributed by atoms with Crippen LogP contribution >= 0.6 is 0 Å². The monoisotopic (exact) mass is 331 g/mol. The minimum Gasteiger partial charge on any atom is -0.371 e. The van der Waals surface area contributed by atoms with E-state index in [9.17, 15) is 9.59 Å². The van der Waals surface area contributed by atoms with E-state index >= 15 is 0 Å². The second-order valence-corrected chi connectivity index (χ2v) is 7.19. The van der Waals surface area contributed by atoms with E-state index in [2.05, 4.69) is 36.3 Å². The Morgan fingerprint density at radius 3 is 2.50 bits per heavy atom. The number of amides is 2. The summed E-state index contributed by atoms with van der Waals surface area (Å²) in [6.45, 7) is 10.4. The average molecular weight is 331 g/mol. The van der Waals surface area contributed by atoms with E-state index in [0.29, 0.717) is 23.7 Å². The first-order valence-corrected chi connectivity index (χ1v) is 8.81. The summed E-state index contributed by atoms with van der Waals surface area (Å²) in [5, 5.41) is 5.75. The molecular formula is C19H29N3O2. The lowest BCUT2D eigenvalue weighted by atomic mass is 9.97. The number of hydrogen-bond donors (Lipinski definition) is 2. The largest absolute Gasteiger partial charge is 0.371 e. The molecule has 2 rings (SSSR count). The van der Waals surface area contributed by atoms with Crippen molar-refractivity contribution < 1.29 is 9.59 Å². The fraction of sp³-hybridized carbons (Fsp3) is 0.579. The lowest BCUT2D eigenvalue weighted by molar-refractivity contribution is -0.114. The third-order valence-corrected chi connectivity index (χ3v) is 4.36. The minimum atomic E-state index is -0.136. The normalized spacial score (nSPS) is 15.5. The van der Waals surface area contributed by atoms with Crippen LogP contribution in [0.5, 0.6) is 0 Å². The summed E-state index contributed by atoms with van der Waals surface area (Å²) in [5.41, 5.74) is 2.25. The van der Waals surface area contributed by atoms with Crippen LogP contribution in [0.25, 0.3) is 0 Å². The minimum absolute atomic E-state index is 0.0791. The van der Waals surface area contributed by atoms with Crippen molar-refractivity contribution in [1.29, 1.82) is 0 Å². The number of piperidine rings is 1. The van der Waals surface area contributed by atoms with Crippen molar-refractivity contribution in [2.24, 2.45) is 11.8 Å². The molecule has 2 N–H and O–H groups in total. The van der Waals surface area contributed by atoms with E-state index in [0.717, 1.165) is 37.5 Å². The van der Waals surface area contributed by atoms with Gasteiger partial charge in [0.05, 0.1) is 5.56 Å². The molecule has 1 saturated heterocycles. The van der Waals surface area contributed by atoms with Crippen LogP contribution in [0, 0.1) is 11.8 Å². The fourth-order valence-corrected chi connectivity index (χ4v) is 2.92. The summed E-state index contributed by atoms with van der Waals surface area (Å²) in [6.07, 6.45) is 2.28. The Hall–Kier alpha value is -2.04. The topological polar surface area (TPSA) is 61.4 Å². The molecule has 1 fully saturated rings. The van der Waals surface area contributed by atoms with Crippen LogP contribution in [-0.2, 0) is 4.79 Å². The SMILES string of the molecule is CC(=O)Nc1ccc(N2CCC(C)CC2)c(C(=O)NCC(C)C)c1. The number of nitrogens with one attached hydrogen (secondary N) is 2. The second-order valence-electron chi connectivity index (χ2n) is 7.19. The van der Waals surface area contributed by atoms with E-state index in [1.54, 1.807) is 6.07 Å². The van der Waals surface area contributed by atoms with Gasteiger partial charge in [0, 0.05) is 37.9 Å². The highest BCUT2D eigenvalue weighted by Gasteiger charge is 2.21. The zero-order valence-corrected chi connectivity index (χ0v) is 15.2. The van der Waals surface area contributed by atoms with Gasteiger partial charge in [0.2, 0.25) is 5.91 Å². The number of carbonyl (C=O) groups excluding carboxylic acids is 2. The summed E-state index contributed by atoms with van der Waals surface area (Å²) in [5.74, 6) is 0.914. The highest BCUT2D eigenvalue weighted by molar-refractivity contribution is 6.02. The maximum absolute atomic E-state index is 12.7. The Balaban J connectivity index is 2.27. The summed E-state index contributed by atoms with van der Waals surface area (Å²) in [7, 11) is 0. The highest BCUT2D eigenvalue weighted by Crippen LogP contribution is 2.28. The molecule has 0 spiro atoms. The molecule has 24 heavy (non-hydrogen) atoms. The molecule has 132 valence electrons. The van der Waals surface area contributed by atoms with Crippen molar-refractivity contribution in [1.82, 2.24) is 5.32 Å². The molecule has 0 bridgehead atoms. The molecule has 0 radical (unpaired) electrons. The molecule has 1 aromatic rings. The van der Waals surface area contributed by atoms with E-state index in [4.69, 9.17) is 0 Å². The van der Waals surface area contributed by atoms with Crippen LogP contribution in [0.4, 0.5) is 11.4 Å². The van der Waals surface area contributed by atoms with Crippen molar-refractivity contribution >= 4 is 23.2 Å². The van der Waals surface area contributed by atoms with Gasteiger partial charge in [-0.25, -0.2) is 0 Å². The van der Waals surface area contributed by atoms with Crippen LogP contribution in [0.15, 0.2) is 18.2 Å². The quantitative estimate of drug-likeness (QED) is 0.870. The van der Waals surface area contributed by atoms with E-state index in [1.807, 2.05) is 12.1 Å². The number of carbonyl (C=O) groups is 2. The third-order valence-electron chi connectivity index (χ3n) is 4.36. The Kier molecular flexibility index (Phi) is 6.23. The molecule has 1 aliphatic rings. The molecule has 2 amide bonds. The first-order chi connectivity index (χ1) is 11.4. The van der Waals surface area contributed by atoms with Crippen LogP contribution in [-0.4, -0.2) is 31.4 Å². The van der Waals surface area contributed by atoms with Gasteiger partial charge in [-0.3, -0.25) is 9.59 Å². The Bertz CT molecular complexity index is 590. The van der Waals surface area contributed by atoms with Gasteiger partial charge < -0.3 is 15.5 Å². The van der Waals surface area contributed by atoms with Crippen molar-refractivity contribution in [2.45, 2.75) is 40.5 Å². The van der Waals surface area contributed by atoms with Crippen molar-refractivity contribution in [3.05, 3.63) is 23.8 Å². The first kappa shape index (κ1) is 18.3. The number of benzene rings is 1. The number of anilines is 2. The van der Waals surface area contributed by atoms with Gasteiger partial charge in [-0.05, 0) is 42.9 Å². The molecule has 0 saturated carbocycles. The lowest BCUT2D eigenvalue weighted by Crippen LogP contribution is -2.35. The van der Waals surface area contributed by atoms with Crippen molar-refractivity contribution in [3.63, 3.8) is 0 Å². The van der Waals surface area contributed by atoms with Gasteiger partial charge in [-0.1, -0.05) is 20.8 Å². The molecule has 0 atom stereocenters. The number of hydrogen-bond acceptors (Lipinski definition) is 3. The van der Waals surface area contributed by atoms with Crippen LogP contribution in [0.1, 0.15) is 50.9 Å². The fourth-order valence-electron chi connectivity index (χ4n) is 2.92. The molecule has 0 unspecified atom stereocenters. The van der Waals surface area contributed by atoms with Crippen LogP contribution in [0.3, 0.4) is 0 Å². The van der Waals surface area contributed by atoms with Gasteiger partial charge in [-0.2, -0.15) is 0 Å². The molecule has 5 nitrogen and oxygen atoms in total. The maximum Gasteiger partial charge on any atom is 0.253 e. The van der Waals surface area contributed by atoms with Crippen LogP contribution in [0.2, 0.25) is 0 Å². The summed E-state index contributed by atoms with van der Waals surface area (Å²) < 4.78 is 0.